The maximum atomic E-state index is 14.3. The molecular weight excluding hydrogens is 2220 g/mol. The van der Waals surface area contributed by atoms with Crippen molar-refractivity contribution in [1.29, 1.82) is 0 Å². The number of aromatic nitrogens is 8. The summed E-state index contributed by atoms with van der Waals surface area (Å²) < 4.78 is 618. The SMILES string of the molecule is FS(F)(F)(F)(F)c1ccc(Oc2cc3c(cc2Oc2ccc(S(F)(F)(F)(F)F)cc2)-c2nc-3nc3[nH]c(nc4nc(nc5[nH]c(n2)c2cc(Oc6ccc(S(F)(F)(F)(F)F)cc6)c(Oc6ccc(S(F)(F)(F)(F)F)cc6)cc52)-c2cc(Oc5ccc(S(F)(F)(F)(F)F)cc5)c(Oc5ccc(S(F)(F)(F)(F)F)cc5)cc2-4)c2cc(Oc4ccc(S(F)(F)(F)(F)F)cc4)c(Oc4ccc(S(F)(F)(F)(F)F)cc4)cc32)cc1. The number of aromatic amines is 2. The van der Waals surface area contributed by atoms with E-state index < -0.39 is 303 Å². The van der Waals surface area contributed by atoms with Gasteiger partial charge in [0.15, 0.2) is 69.3 Å². The summed E-state index contributed by atoms with van der Waals surface area (Å²) in [5.74, 6) is -19.3. The summed E-state index contributed by atoms with van der Waals surface area (Å²) in [5, 5.41) is -2.61. The number of nitrogens with one attached hydrogen (secondary N) is 2. The minimum Gasteiger partial charge on any atom is -0.453 e. The molecule has 5 heterocycles. The Morgan fingerprint density at radius 1 is 0.146 bits per heavy atom. The second kappa shape index (κ2) is 26.8. The lowest BCUT2D eigenvalue weighted by atomic mass is 10.1. The highest BCUT2D eigenvalue weighted by Crippen LogP contribution is 3.07. The van der Waals surface area contributed by atoms with Gasteiger partial charge >= 0.3 is 81.8 Å². The molecule has 2 aliphatic heterocycles. The van der Waals surface area contributed by atoms with Crippen LogP contribution in [0.3, 0.4) is 0 Å². The monoisotopic (exact) mass is 2260 g/mol. The minimum atomic E-state index is -10.6. The number of hydrogen-bond acceptors (Lipinski definition) is 14. The Morgan fingerprint density at radius 3 is 0.368 bits per heavy atom. The van der Waals surface area contributed by atoms with Gasteiger partial charge in [0.25, 0.3) is 0 Å². The molecule has 2 aliphatic rings. The van der Waals surface area contributed by atoms with Gasteiger partial charge in [-0.1, -0.05) is 155 Å². The van der Waals surface area contributed by atoms with Crippen LogP contribution in [-0.4, -0.2) is 39.9 Å². The van der Waals surface area contributed by atoms with Gasteiger partial charge in [-0.3, -0.25) is 0 Å². The van der Waals surface area contributed by atoms with Crippen molar-refractivity contribution in [2.24, 2.45) is 0 Å². The highest BCUT2D eigenvalue weighted by molar-refractivity contribution is 8.48. The lowest BCUT2D eigenvalue weighted by Gasteiger charge is -2.40. The number of nitrogens with zero attached hydrogens (tertiary/aromatic N) is 6. The minimum absolute atomic E-state index is 0.228. The molecule has 12 aromatic carbocycles. The first-order valence-corrected chi connectivity index (χ1v) is 53.6. The molecule has 0 aliphatic carbocycles. The van der Waals surface area contributed by atoms with Crippen molar-refractivity contribution in [3.63, 3.8) is 0 Å². The summed E-state index contributed by atoms with van der Waals surface area (Å²) in [4.78, 5) is 12.1. The number of hydrogen-bond donors (Lipinski definition) is 2. The van der Waals surface area contributed by atoms with Crippen LogP contribution in [-0.2, 0) is 0 Å². The first-order chi connectivity index (χ1) is 64.2. The smallest absolute Gasteiger partial charge is 0.310 e. The molecule has 3 aromatic heterocycles. The largest absolute Gasteiger partial charge is 0.453 e. The van der Waals surface area contributed by atoms with Crippen molar-refractivity contribution < 1.29 is 193 Å². The fourth-order valence-corrected chi connectivity index (χ4v) is 18.8. The van der Waals surface area contributed by atoms with Crippen molar-refractivity contribution in [2.75, 3.05) is 0 Å². The average molecular weight is 2260 g/mol. The van der Waals surface area contributed by atoms with Gasteiger partial charge in [0.2, 0.25) is 0 Å². The van der Waals surface area contributed by atoms with Crippen LogP contribution in [0.1, 0.15) is 0 Å². The van der Waals surface area contributed by atoms with Crippen LogP contribution in [0, 0.1) is 0 Å². The zero-order valence-corrected chi connectivity index (χ0v) is 75.0. The number of fused-ring (bicyclic) bond motifs is 20. The topological polar surface area (TPSA) is 183 Å². The Bertz CT molecular complexity index is 7300. The van der Waals surface area contributed by atoms with Crippen LogP contribution in [0.15, 0.2) is 282 Å². The summed E-state index contributed by atoms with van der Waals surface area (Å²) in [7, 11) is -85.1. The van der Waals surface area contributed by atoms with Crippen LogP contribution in [0.5, 0.6) is 92.0 Å². The lowest BCUT2D eigenvalue weighted by Crippen LogP contribution is -2.05. The quantitative estimate of drug-likeness (QED) is 0.0545. The molecule has 17 rings (SSSR count). The van der Waals surface area contributed by atoms with Gasteiger partial charge in [0.05, 0.1) is 0 Å². The van der Waals surface area contributed by atoms with Gasteiger partial charge in [-0.15, -0.1) is 0 Å². The summed E-state index contributed by atoms with van der Waals surface area (Å²) in [6.45, 7) is 0. The Morgan fingerprint density at radius 2 is 0.257 bits per heavy atom. The summed E-state index contributed by atoms with van der Waals surface area (Å²) >= 11 is 0. The maximum Gasteiger partial charge on any atom is 0.310 e. The molecule has 144 heavy (non-hydrogen) atoms. The van der Waals surface area contributed by atoms with Crippen LogP contribution < -0.4 is 37.9 Å². The molecule has 8 bridgehead atoms. The van der Waals surface area contributed by atoms with E-state index in [2.05, 4.69) is 39.9 Å². The van der Waals surface area contributed by atoms with E-state index in [0.717, 1.165) is 0 Å². The summed E-state index contributed by atoms with van der Waals surface area (Å²) in [6, 6.07) is 5.24. The number of H-pyrrole nitrogens is 2. The first-order valence-electron chi connectivity index (χ1n) is 37.9. The molecule has 0 radical (unpaired) electrons. The van der Waals surface area contributed by atoms with Crippen molar-refractivity contribution >= 4 is 126 Å². The molecule has 0 unspecified atom stereocenters. The highest BCUT2D eigenvalue weighted by atomic mass is 32.5. The zero-order chi connectivity index (χ0) is 106. The Balaban J connectivity index is 1.01. The molecule has 778 valence electrons. The molecule has 0 fully saturated rings. The molecule has 0 amide bonds. The van der Waals surface area contributed by atoms with E-state index in [9.17, 15) is 155 Å². The average Bonchev–Trinajstić information content (AvgIpc) is 1.08. The van der Waals surface area contributed by atoms with Crippen molar-refractivity contribution in [2.45, 2.75) is 39.2 Å². The Labute approximate surface area is 774 Å². The van der Waals surface area contributed by atoms with E-state index in [1.807, 2.05) is 0 Å². The van der Waals surface area contributed by atoms with Gasteiger partial charge < -0.3 is 47.9 Å². The molecular formula is C80H42F40N8O8S8. The predicted molar refractivity (Wildman–Crippen MR) is 459 cm³/mol. The fourth-order valence-electron chi connectivity index (χ4n) is 13.6. The van der Waals surface area contributed by atoms with Gasteiger partial charge in [0.1, 0.15) is 108 Å². The van der Waals surface area contributed by atoms with E-state index in [1.165, 1.54) is 0 Å². The van der Waals surface area contributed by atoms with E-state index in [1.54, 1.807) is 0 Å². The second-order valence-electron chi connectivity index (χ2n) is 31.3. The molecule has 0 spiro atoms. The van der Waals surface area contributed by atoms with E-state index in [4.69, 9.17) is 37.9 Å². The molecule has 0 saturated carbocycles. The maximum absolute atomic E-state index is 14.3. The summed E-state index contributed by atoms with van der Waals surface area (Å²) in [6.07, 6.45) is 0. The number of ether oxygens (including phenoxy) is 8. The number of rotatable bonds is 24. The van der Waals surface area contributed by atoms with Crippen LogP contribution in [0.25, 0.3) is 89.7 Å². The van der Waals surface area contributed by atoms with Crippen molar-refractivity contribution in [3.05, 3.63) is 243 Å². The Hall–Kier alpha value is -13.6. The lowest BCUT2D eigenvalue weighted by molar-refractivity contribution is 0.360. The molecule has 2 N–H and O–H groups in total. The van der Waals surface area contributed by atoms with Gasteiger partial charge in [-0.05, 0) is 243 Å². The van der Waals surface area contributed by atoms with Crippen LogP contribution in [0.2, 0.25) is 0 Å². The van der Waals surface area contributed by atoms with Gasteiger partial charge in [0, 0.05) is 43.8 Å². The summed E-state index contributed by atoms with van der Waals surface area (Å²) in [5.41, 5.74) is -6.17. The first kappa shape index (κ1) is 102. The standard InChI is InChI=1S/C80H42F40N8O8S8/c81-137(82,83,84,85)49-17-1-41(2-18-49)129-65-33-57-58(34-66(65)130-42-3-19-50(20-4-42)138(86,87,88,89)90)74-121-73(57)125-75-59-35-67(131-43-5-21-51(22-6-43)139(91,92,93,94)95)68(132-44-7-23-52(24-8-44)140(96,97,98,99)100)36-60(59)77(122-75)127-79-63-39-71(135-47-13-29-55(30-14-47)143(111,112,113,114)115)72(136-48-15-31-56(32-16-48)144(116,117,118,119)120)40-64(63)80(124-79)128-78-62-38-70(134-46-11-27-54(28-12-46)142(106,107,108,109)110)69(37-61(62)76(123-78)126-74)133-45-9-25-53(26-10-45)141(101,102,103,104)105/h1-40H,(H2,121,122,123,124,125,126,127,128). The van der Waals surface area contributed by atoms with Crippen molar-refractivity contribution in [1.82, 2.24) is 39.9 Å². The fraction of sp³-hybridized carbons (Fsp3) is 0. The third kappa shape index (κ3) is 22.2. The normalized spacial score (nSPS) is 16.9. The molecule has 64 heteroatoms. The van der Waals surface area contributed by atoms with Gasteiger partial charge in [-0.25, -0.2) is 29.9 Å². The third-order valence-corrected chi connectivity index (χ3v) is 29.4. The highest BCUT2D eigenvalue weighted by Gasteiger charge is 2.71. The van der Waals surface area contributed by atoms with E-state index in [-0.39, 0.29) is 194 Å². The molecule has 16 nitrogen and oxygen atoms in total. The number of benzene rings is 12. The van der Waals surface area contributed by atoms with E-state index in [0.29, 0.717) is 48.5 Å². The van der Waals surface area contributed by atoms with Crippen LogP contribution in [0.4, 0.5) is 155 Å². The van der Waals surface area contributed by atoms with E-state index >= 15 is 0 Å². The molecule has 0 atom stereocenters. The third-order valence-electron chi connectivity index (χ3n) is 20.1. The second-order valence-corrected chi connectivity index (χ2v) is 50.6. The number of halogens is 40. The predicted octanol–water partition coefficient (Wildman–Crippen LogP) is 42.5. The molecule has 15 aromatic rings. The molecule has 0 saturated heterocycles. The van der Waals surface area contributed by atoms with Crippen LogP contribution >= 0.6 is 81.8 Å². The Kier molecular flexibility index (Phi) is 18.9. The zero-order valence-electron chi connectivity index (χ0n) is 68.4. The van der Waals surface area contributed by atoms with Gasteiger partial charge in [-0.2, -0.15) is 0 Å². The van der Waals surface area contributed by atoms with Crippen molar-refractivity contribution in [3.8, 4) is 138 Å².